The van der Waals surface area contributed by atoms with Crippen LogP contribution in [0.4, 0.5) is 0 Å². The smallest absolute Gasteiger partial charge is 0.146 e. The van der Waals surface area contributed by atoms with E-state index in [1.165, 1.54) is 0 Å². The molecular formula is C12H13ClN2O. The lowest BCUT2D eigenvalue weighted by Crippen LogP contribution is -2.12. The molecule has 1 heterocycles. The van der Waals surface area contributed by atoms with Crippen molar-refractivity contribution in [2.45, 2.75) is 6.54 Å². The van der Waals surface area contributed by atoms with E-state index >= 15 is 0 Å². The van der Waals surface area contributed by atoms with Crippen molar-refractivity contribution in [1.29, 1.82) is 0 Å². The fourth-order valence-corrected chi connectivity index (χ4v) is 1.93. The third-order valence-corrected chi connectivity index (χ3v) is 2.67. The van der Waals surface area contributed by atoms with Crippen molar-refractivity contribution in [3.8, 4) is 5.75 Å². The van der Waals surface area contributed by atoms with Crippen molar-refractivity contribution in [3.63, 3.8) is 0 Å². The number of aromatic hydroxyl groups is 1. The lowest BCUT2D eigenvalue weighted by molar-refractivity contribution is 0.380. The van der Waals surface area contributed by atoms with Gasteiger partial charge in [0.2, 0.25) is 0 Å². The van der Waals surface area contributed by atoms with Crippen LogP contribution in [0.3, 0.4) is 0 Å². The third-order valence-electron chi connectivity index (χ3n) is 2.38. The second kappa shape index (κ2) is 4.28. The molecule has 0 fully saturated rings. The van der Waals surface area contributed by atoms with Gasteiger partial charge in [-0.2, -0.15) is 0 Å². The summed E-state index contributed by atoms with van der Waals surface area (Å²) < 4.78 is 0. The Bertz CT molecular complexity index is 526. The largest absolute Gasteiger partial charge is 0.505 e. The summed E-state index contributed by atoms with van der Waals surface area (Å²) >= 11 is 6.08. The molecule has 0 unspecified atom stereocenters. The van der Waals surface area contributed by atoms with Crippen LogP contribution >= 0.6 is 11.6 Å². The fourth-order valence-electron chi connectivity index (χ4n) is 1.67. The van der Waals surface area contributed by atoms with Gasteiger partial charge in [0.1, 0.15) is 10.9 Å². The molecule has 0 aliphatic heterocycles. The van der Waals surface area contributed by atoms with Gasteiger partial charge in [0, 0.05) is 17.3 Å². The molecule has 84 valence electrons. The molecule has 1 aromatic heterocycles. The summed E-state index contributed by atoms with van der Waals surface area (Å²) in [6.45, 7) is 0.566. The molecule has 0 atom stereocenters. The van der Waals surface area contributed by atoms with Crippen molar-refractivity contribution in [2.75, 3.05) is 14.1 Å². The van der Waals surface area contributed by atoms with Crippen molar-refractivity contribution < 1.29 is 5.11 Å². The maximum Gasteiger partial charge on any atom is 0.146 e. The van der Waals surface area contributed by atoms with E-state index in [9.17, 15) is 5.11 Å². The first-order valence-corrected chi connectivity index (χ1v) is 5.38. The molecule has 0 bridgehead atoms. The van der Waals surface area contributed by atoms with Gasteiger partial charge in [-0.05, 0) is 14.1 Å². The predicted octanol–water partition coefficient (Wildman–Crippen LogP) is 2.66. The molecule has 4 heteroatoms. The zero-order valence-corrected chi connectivity index (χ0v) is 9.99. The van der Waals surface area contributed by atoms with Crippen LogP contribution in [0, 0.1) is 0 Å². The van der Waals surface area contributed by atoms with E-state index in [0.29, 0.717) is 17.4 Å². The summed E-state index contributed by atoms with van der Waals surface area (Å²) in [4.78, 5) is 6.15. The van der Waals surface area contributed by atoms with Crippen molar-refractivity contribution in [2.24, 2.45) is 0 Å². The van der Waals surface area contributed by atoms with Crippen LogP contribution in [0.5, 0.6) is 5.75 Å². The molecule has 16 heavy (non-hydrogen) atoms. The molecule has 2 aromatic rings. The SMILES string of the molecule is CN(C)Cc1nc(Cl)c2ccccc2c1O. The van der Waals surface area contributed by atoms with Crippen molar-refractivity contribution in [1.82, 2.24) is 9.88 Å². The highest BCUT2D eigenvalue weighted by Gasteiger charge is 2.11. The Labute approximate surface area is 99.3 Å². The first-order chi connectivity index (χ1) is 7.59. The standard InChI is InChI=1S/C12H13ClN2O/c1-15(2)7-10-11(16)8-5-3-4-6-9(8)12(13)14-10/h3-6,16H,7H2,1-2H3. The van der Waals surface area contributed by atoms with Crippen molar-refractivity contribution >= 4 is 22.4 Å². The van der Waals surface area contributed by atoms with E-state index < -0.39 is 0 Å². The molecule has 2 rings (SSSR count). The van der Waals surface area contributed by atoms with E-state index in [1.54, 1.807) is 0 Å². The second-order valence-corrected chi connectivity index (χ2v) is 4.34. The van der Waals surface area contributed by atoms with Crippen LogP contribution in [0.2, 0.25) is 5.15 Å². The Kier molecular flexibility index (Phi) is 2.99. The minimum atomic E-state index is 0.216. The Morgan fingerprint density at radius 3 is 2.50 bits per heavy atom. The minimum Gasteiger partial charge on any atom is -0.505 e. The maximum absolute atomic E-state index is 10.1. The Balaban J connectivity index is 2.65. The highest BCUT2D eigenvalue weighted by Crippen LogP contribution is 2.31. The normalized spacial score (nSPS) is 11.2. The number of rotatable bonds is 2. The summed E-state index contributed by atoms with van der Waals surface area (Å²) in [5.74, 6) is 0.216. The quantitative estimate of drug-likeness (QED) is 0.815. The number of nitrogens with zero attached hydrogens (tertiary/aromatic N) is 2. The minimum absolute atomic E-state index is 0.216. The van der Waals surface area contributed by atoms with Crippen molar-refractivity contribution in [3.05, 3.63) is 35.1 Å². The first-order valence-electron chi connectivity index (χ1n) is 5.00. The van der Waals surface area contributed by atoms with Crippen LogP contribution in [0.15, 0.2) is 24.3 Å². The van der Waals surface area contributed by atoms with Gasteiger partial charge in [0.15, 0.2) is 0 Å². The first kappa shape index (κ1) is 11.2. The maximum atomic E-state index is 10.1. The van der Waals surface area contributed by atoms with Gasteiger partial charge >= 0.3 is 0 Å². The number of halogens is 1. The molecule has 0 aliphatic rings. The number of benzene rings is 1. The average molecular weight is 237 g/mol. The Morgan fingerprint density at radius 1 is 1.25 bits per heavy atom. The predicted molar refractivity (Wildman–Crippen MR) is 65.8 cm³/mol. The van der Waals surface area contributed by atoms with E-state index in [-0.39, 0.29) is 5.75 Å². The summed E-state index contributed by atoms with van der Waals surface area (Å²) in [6, 6.07) is 7.44. The van der Waals surface area contributed by atoms with Crippen LogP contribution in [0.25, 0.3) is 10.8 Å². The van der Waals surface area contributed by atoms with E-state index in [1.807, 2.05) is 43.3 Å². The molecule has 1 N–H and O–H groups in total. The fraction of sp³-hybridized carbons (Fsp3) is 0.250. The van der Waals surface area contributed by atoms with Gasteiger partial charge < -0.3 is 10.0 Å². The number of pyridine rings is 1. The van der Waals surface area contributed by atoms with Gasteiger partial charge in [0.05, 0.1) is 5.69 Å². The van der Waals surface area contributed by atoms with Gasteiger partial charge in [0.25, 0.3) is 0 Å². The van der Waals surface area contributed by atoms with Crippen LogP contribution in [0.1, 0.15) is 5.69 Å². The van der Waals surface area contributed by atoms with E-state index in [0.717, 1.165) is 10.8 Å². The zero-order valence-electron chi connectivity index (χ0n) is 9.24. The third kappa shape index (κ3) is 1.96. The van der Waals surface area contributed by atoms with Gasteiger partial charge in [-0.1, -0.05) is 35.9 Å². The van der Waals surface area contributed by atoms with Gasteiger partial charge in [-0.25, -0.2) is 4.98 Å². The molecule has 3 nitrogen and oxygen atoms in total. The number of aromatic nitrogens is 1. The average Bonchev–Trinajstić information content (AvgIpc) is 2.25. The monoisotopic (exact) mass is 236 g/mol. The molecule has 0 spiro atoms. The van der Waals surface area contributed by atoms with Crippen LogP contribution in [-0.4, -0.2) is 29.1 Å². The van der Waals surface area contributed by atoms with E-state index in [2.05, 4.69) is 4.98 Å². The molecule has 0 radical (unpaired) electrons. The van der Waals surface area contributed by atoms with Crippen LogP contribution < -0.4 is 0 Å². The summed E-state index contributed by atoms with van der Waals surface area (Å²) in [6.07, 6.45) is 0. The molecule has 0 aliphatic carbocycles. The van der Waals surface area contributed by atoms with E-state index in [4.69, 9.17) is 11.6 Å². The second-order valence-electron chi connectivity index (χ2n) is 3.98. The van der Waals surface area contributed by atoms with Crippen LogP contribution in [-0.2, 0) is 6.54 Å². The van der Waals surface area contributed by atoms with Gasteiger partial charge in [-0.15, -0.1) is 0 Å². The summed E-state index contributed by atoms with van der Waals surface area (Å²) in [5, 5.41) is 12.0. The lowest BCUT2D eigenvalue weighted by Gasteiger charge is -2.12. The van der Waals surface area contributed by atoms with Gasteiger partial charge in [-0.3, -0.25) is 0 Å². The molecule has 0 amide bonds. The highest BCUT2D eigenvalue weighted by molar-refractivity contribution is 6.34. The zero-order chi connectivity index (χ0) is 11.7. The lowest BCUT2D eigenvalue weighted by atomic mass is 10.1. The Morgan fingerprint density at radius 2 is 1.88 bits per heavy atom. The molecule has 1 aromatic carbocycles. The topological polar surface area (TPSA) is 36.4 Å². The number of hydrogen-bond acceptors (Lipinski definition) is 3. The summed E-state index contributed by atoms with van der Waals surface area (Å²) in [7, 11) is 3.84. The number of hydrogen-bond donors (Lipinski definition) is 1. The molecular weight excluding hydrogens is 224 g/mol. The number of fused-ring (bicyclic) bond motifs is 1. The highest BCUT2D eigenvalue weighted by atomic mass is 35.5. The molecule has 0 saturated carbocycles. The Hall–Kier alpha value is -1.32. The molecule has 0 saturated heterocycles. The summed E-state index contributed by atoms with van der Waals surface area (Å²) in [5.41, 5.74) is 0.605.